The zero-order chi connectivity index (χ0) is 8.97. The molecule has 4 heteroatoms. The van der Waals surface area contributed by atoms with E-state index in [-0.39, 0.29) is 18.4 Å². The van der Waals surface area contributed by atoms with Crippen molar-refractivity contribution in [3.63, 3.8) is 0 Å². The first-order chi connectivity index (χ1) is 5.77. The van der Waals surface area contributed by atoms with Crippen LogP contribution in [0.3, 0.4) is 0 Å². The van der Waals surface area contributed by atoms with Gasteiger partial charge >= 0.3 is 0 Å². The van der Waals surface area contributed by atoms with E-state index in [0.29, 0.717) is 6.54 Å². The van der Waals surface area contributed by atoms with E-state index in [4.69, 9.17) is 11.0 Å². The van der Waals surface area contributed by atoms with E-state index in [1.165, 1.54) is 0 Å². The predicted octanol–water partition coefficient (Wildman–Crippen LogP) is -0.293. The van der Waals surface area contributed by atoms with Crippen LogP contribution in [0.2, 0.25) is 0 Å². The number of piperidine rings is 1. The van der Waals surface area contributed by atoms with Crippen molar-refractivity contribution in [3.8, 4) is 6.07 Å². The SMILES string of the molecule is N#CC1CCCN(C(=O)CN)C1. The number of carbonyl (C=O) groups excluding carboxylic acids is 1. The van der Waals surface area contributed by atoms with Gasteiger partial charge in [-0.1, -0.05) is 0 Å². The van der Waals surface area contributed by atoms with Gasteiger partial charge in [0.25, 0.3) is 0 Å². The fourth-order valence-corrected chi connectivity index (χ4v) is 1.44. The van der Waals surface area contributed by atoms with Crippen molar-refractivity contribution in [1.29, 1.82) is 5.26 Å². The highest BCUT2D eigenvalue weighted by molar-refractivity contribution is 5.78. The first-order valence-corrected chi connectivity index (χ1v) is 4.15. The largest absolute Gasteiger partial charge is 0.340 e. The second kappa shape index (κ2) is 4.07. The van der Waals surface area contributed by atoms with Crippen LogP contribution >= 0.6 is 0 Å². The number of nitrogens with zero attached hydrogens (tertiary/aromatic N) is 2. The van der Waals surface area contributed by atoms with Crippen molar-refractivity contribution in [2.75, 3.05) is 19.6 Å². The minimum atomic E-state index is -0.0463. The quantitative estimate of drug-likeness (QED) is 0.583. The van der Waals surface area contributed by atoms with E-state index in [9.17, 15) is 4.79 Å². The number of amides is 1. The lowest BCUT2D eigenvalue weighted by Gasteiger charge is -2.29. The second-order valence-corrected chi connectivity index (χ2v) is 3.01. The Morgan fingerprint density at radius 3 is 3.08 bits per heavy atom. The lowest BCUT2D eigenvalue weighted by molar-refractivity contribution is -0.131. The average molecular weight is 167 g/mol. The van der Waals surface area contributed by atoms with Crippen molar-refractivity contribution < 1.29 is 4.79 Å². The highest BCUT2D eigenvalue weighted by Gasteiger charge is 2.21. The lowest BCUT2D eigenvalue weighted by Crippen LogP contribution is -2.42. The number of nitriles is 1. The Labute approximate surface area is 71.9 Å². The molecule has 1 atom stereocenters. The molecule has 1 aliphatic rings. The fourth-order valence-electron chi connectivity index (χ4n) is 1.44. The number of carbonyl (C=O) groups is 1. The highest BCUT2D eigenvalue weighted by atomic mass is 16.2. The van der Waals surface area contributed by atoms with Crippen LogP contribution in [0, 0.1) is 17.2 Å². The number of rotatable bonds is 1. The monoisotopic (exact) mass is 167 g/mol. The van der Waals surface area contributed by atoms with Crippen LogP contribution in [0.1, 0.15) is 12.8 Å². The van der Waals surface area contributed by atoms with Crippen molar-refractivity contribution in [2.45, 2.75) is 12.8 Å². The smallest absolute Gasteiger partial charge is 0.236 e. The Bertz CT molecular complexity index is 209. The Kier molecular flexibility index (Phi) is 3.06. The Hall–Kier alpha value is -1.08. The molecule has 66 valence electrons. The molecule has 0 aromatic heterocycles. The normalized spacial score (nSPS) is 23.3. The van der Waals surface area contributed by atoms with Crippen molar-refractivity contribution in [3.05, 3.63) is 0 Å². The van der Waals surface area contributed by atoms with E-state index < -0.39 is 0 Å². The maximum absolute atomic E-state index is 11.1. The number of likely N-dealkylation sites (tertiary alicyclic amines) is 1. The first kappa shape index (κ1) is 9.01. The number of hydrogen-bond acceptors (Lipinski definition) is 3. The van der Waals surface area contributed by atoms with Gasteiger partial charge < -0.3 is 10.6 Å². The molecule has 4 nitrogen and oxygen atoms in total. The molecule has 1 rings (SSSR count). The maximum atomic E-state index is 11.1. The molecule has 0 aliphatic carbocycles. The van der Waals surface area contributed by atoms with E-state index >= 15 is 0 Å². The van der Waals surface area contributed by atoms with Crippen LogP contribution in [0.4, 0.5) is 0 Å². The van der Waals surface area contributed by atoms with Gasteiger partial charge in [0.2, 0.25) is 5.91 Å². The molecule has 0 saturated carbocycles. The van der Waals surface area contributed by atoms with E-state index in [1.54, 1.807) is 4.90 Å². The zero-order valence-electron chi connectivity index (χ0n) is 6.99. The topological polar surface area (TPSA) is 70.1 Å². The van der Waals surface area contributed by atoms with Gasteiger partial charge in [-0.25, -0.2) is 0 Å². The molecule has 1 fully saturated rings. The van der Waals surface area contributed by atoms with Gasteiger partial charge in [-0.3, -0.25) is 4.79 Å². The van der Waals surface area contributed by atoms with Gasteiger partial charge in [0, 0.05) is 13.1 Å². The third kappa shape index (κ3) is 1.95. The van der Waals surface area contributed by atoms with Crippen molar-refractivity contribution in [2.24, 2.45) is 11.7 Å². The Morgan fingerprint density at radius 1 is 1.75 bits per heavy atom. The molecule has 12 heavy (non-hydrogen) atoms. The minimum absolute atomic E-state index is 0.00856. The van der Waals surface area contributed by atoms with Crippen molar-refractivity contribution in [1.82, 2.24) is 4.90 Å². The summed E-state index contributed by atoms with van der Waals surface area (Å²) in [5, 5.41) is 8.64. The fraction of sp³-hybridized carbons (Fsp3) is 0.750. The third-order valence-electron chi connectivity index (χ3n) is 2.13. The summed E-state index contributed by atoms with van der Waals surface area (Å²) < 4.78 is 0. The van der Waals surface area contributed by atoms with Crippen LogP contribution in [0.25, 0.3) is 0 Å². The zero-order valence-corrected chi connectivity index (χ0v) is 6.99. The molecule has 1 unspecified atom stereocenters. The van der Waals surface area contributed by atoms with Gasteiger partial charge in [0.1, 0.15) is 0 Å². The molecule has 1 heterocycles. The molecule has 0 aromatic rings. The molecule has 1 saturated heterocycles. The lowest BCUT2D eigenvalue weighted by atomic mass is 10.00. The van der Waals surface area contributed by atoms with E-state index in [0.717, 1.165) is 19.4 Å². The Balaban J connectivity index is 2.47. The van der Waals surface area contributed by atoms with Gasteiger partial charge in [-0.15, -0.1) is 0 Å². The number of nitrogens with two attached hydrogens (primary N) is 1. The first-order valence-electron chi connectivity index (χ1n) is 4.15. The maximum Gasteiger partial charge on any atom is 0.236 e. The van der Waals surface area contributed by atoms with Gasteiger partial charge in [-0.05, 0) is 12.8 Å². The molecule has 0 aromatic carbocycles. The summed E-state index contributed by atoms with van der Waals surface area (Å²) in [5.74, 6) is -0.0378. The van der Waals surface area contributed by atoms with Gasteiger partial charge in [0.15, 0.2) is 0 Å². The molecular formula is C8H13N3O. The van der Waals surface area contributed by atoms with Crippen LogP contribution in [0.5, 0.6) is 0 Å². The predicted molar refractivity (Wildman–Crippen MR) is 44.0 cm³/mol. The standard InChI is InChI=1S/C8H13N3O/c9-4-7-2-1-3-11(6-7)8(12)5-10/h7H,1-3,5-6,10H2. The van der Waals surface area contributed by atoms with Crippen LogP contribution in [-0.4, -0.2) is 30.4 Å². The third-order valence-corrected chi connectivity index (χ3v) is 2.13. The van der Waals surface area contributed by atoms with Gasteiger partial charge in [-0.2, -0.15) is 5.26 Å². The molecular weight excluding hydrogens is 154 g/mol. The van der Waals surface area contributed by atoms with Crippen LogP contribution < -0.4 is 5.73 Å². The summed E-state index contributed by atoms with van der Waals surface area (Å²) >= 11 is 0. The van der Waals surface area contributed by atoms with E-state index in [1.807, 2.05) is 0 Å². The molecule has 1 amide bonds. The minimum Gasteiger partial charge on any atom is -0.340 e. The molecule has 0 bridgehead atoms. The van der Waals surface area contributed by atoms with E-state index in [2.05, 4.69) is 6.07 Å². The molecule has 2 N–H and O–H groups in total. The summed E-state index contributed by atoms with van der Waals surface area (Å²) in [4.78, 5) is 12.8. The summed E-state index contributed by atoms with van der Waals surface area (Å²) in [6, 6.07) is 2.18. The van der Waals surface area contributed by atoms with Crippen molar-refractivity contribution >= 4 is 5.91 Å². The summed E-state index contributed by atoms with van der Waals surface area (Å²) in [6.45, 7) is 1.37. The van der Waals surface area contributed by atoms with Crippen LogP contribution in [0.15, 0.2) is 0 Å². The second-order valence-electron chi connectivity index (χ2n) is 3.01. The number of hydrogen-bond donors (Lipinski definition) is 1. The summed E-state index contributed by atoms with van der Waals surface area (Å²) in [7, 11) is 0. The van der Waals surface area contributed by atoms with Crippen LogP contribution in [-0.2, 0) is 4.79 Å². The van der Waals surface area contributed by atoms with Gasteiger partial charge in [0.05, 0.1) is 18.5 Å². The molecule has 0 spiro atoms. The summed E-state index contributed by atoms with van der Waals surface area (Å²) in [6.07, 6.45) is 1.83. The highest BCUT2D eigenvalue weighted by Crippen LogP contribution is 2.14. The average Bonchev–Trinajstić information content (AvgIpc) is 2.17. The Morgan fingerprint density at radius 2 is 2.50 bits per heavy atom. The summed E-state index contributed by atoms with van der Waals surface area (Å²) in [5.41, 5.74) is 5.22. The molecule has 1 aliphatic heterocycles. The molecule has 0 radical (unpaired) electrons.